The van der Waals surface area contributed by atoms with Crippen molar-refractivity contribution in [1.82, 2.24) is 4.98 Å². The van der Waals surface area contributed by atoms with Crippen molar-refractivity contribution in [3.63, 3.8) is 0 Å². The van der Waals surface area contributed by atoms with E-state index < -0.39 is 24.8 Å². The third-order valence-corrected chi connectivity index (χ3v) is 2.55. The lowest BCUT2D eigenvalue weighted by molar-refractivity contribution is -0.390. The largest absolute Gasteiger partial charge is 0.365 e. The molecular formula is C6H5ClN2O4S. The van der Waals surface area contributed by atoms with Crippen LogP contribution in [0.25, 0.3) is 0 Å². The minimum absolute atomic E-state index is 0.408. The third kappa shape index (κ3) is 2.39. The van der Waals surface area contributed by atoms with E-state index in [0.29, 0.717) is 5.56 Å². The van der Waals surface area contributed by atoms with Gasteiger partial charge in [-0.15, -0.1) is 0 Å². The lowest BCUT2D eigenvalue weighted by Gasteiger charge is -1.95. The predicted molar refractivity (Wildman–Crippen MR) is 48.7 cm³/mol. The van der Waals surface area contributed by atoms with Crippen LogP contribution in [0.3, 0.4) is 0 Å². The monoisotopic (exact) mass is 236 g/mol. The minimum Gasteiger partial charge on any atom is -0.358 e. The first-order valence-electron chi connectivity index (χ1n) is 3.38. The Labute approximate surface area is 84.1 Å². The summed E-state index contributed by atoms with van der Waals surface area (Å²) in [6, 6.07) is 2.32. The van der Waals surface area contributed by atoms with Gasteiger partial charge in [-0.05, 0) is 22.4 Å². The molecule has 0 atom stereocenters. The van der Waals surface area contributed by atoms with E-state index in [2.05, 4.69) is 4.98 Å². The van der Waals surface area contributed by atoms with Gasteiger partial charge in [0.15, 0.2) is 0 Å². The Morgan fingerprint density at radius 3 is 2.50 bits per heavy atom. The fourth-order valence-corrected chi connectivity index (χ4v) is 1.60. The Bertz CT molecular complexity index is 485. The fourth-order valence-electron chi connectivity index (χ4n) is 0.836. The summed E-state index contributed by atoms with van der Waals surface area (Å²) in [5, 5.41) is 9.83. The zero-order valence-electron chi connectivity index (χ0n) is 6.97. The van der Waals surface area contributed by atoms with Gasteiger partial charge in [-0.25, -0.2) is 8.42 Å². The van der Waals surface area contributed by atoms with E-state index in [1.807, 2.05) is 0 Å². The summed E-state index contributed by atoms with van der Waals surface area (Å²) in [4.78, 5) is 12.8. The van der Waals surface area contributed by atoms with Gasteiger partial charge in [0.1, 0.15) is 0 Å². The number of rotatable bonds is 2. The molecule has 0 aromatic carbocycles. The number of hydrogen-bond acceptors (Lipinski definition) is 5. The molecule has 0 unspecified atom stereocenters. The maximum Gasteiger partial charge on any atom is 0.365 e. The van der Waals surface area contributed by atoms with Crippen molar-refractivity contribution < 1.29 is 13.3 Å². The van der Waals surface area contributed by atoms with Gasteiger partial charge in [-0.2, -0.15) is 0 Å². The average Bonchev–Trinajstić information content (AvgIpc) is 2.01. The molecule has 1 heterocycles. The van der Waals surface area contributed by atoms with Gasteiger partial charge in [0, 0.05) is 22.8 Å². The second-order valence-electron chi connectivity index (χ2n) is 2.54. The Kier molecular flexibility index (Phi) is 2.72. The van der Waals surface area contributed by atoms with Crippen LogP contribution in [0.5, 0.6) is 0 Å². The van der Waals surface area contributed by atoms with Crippen LogP contribution in [0.15, 0.2) is 17.2 Å². The van der Waals surface area contributed by atoms with Crippen LogP contribution in [-0.4, -0.2) is 18.3 Å². The molecule has 0 aliphatic heterocycles. The standard InChI is InChI=1S/C6H5ClN2O4S/c1-4-2-5(9(10)11)8-6(3-4)14(7,12)13/h2-3H,1H3. The molecule has 0 radical (unpaired) electrons. The summed E-state index contributed by atoms with van der Waals surface area (Å²) < 4.78 is 21.7. The lowest BCUT2D eigenvalue weighted by atomic mass is 10.3. The molecular weight excluding hydrogens is 232 g/mol. The van der Waals surface area contributed by atoms with Crippen molar-refractivity contribution >= 4 is 25.6 Å². The number of nitro groups is 1. The number of hydrogen-bond donors (Lipinski definition) is 0. The molecule has 0 aliphatic carbocycles. The van der Waals surface area contributed by atoms with Gasteiger partial charge in [0.25, 0.3) is 5.03 Å². The zero-order chi connectivity index (χ0) is 10.9. The van der Waals surface area contributed by atoms with E-state index in [1.165, 1.54) is 6.92 Å². The predicted octanol–water partition coefficient (Wildman–Crippen LogP) is 1.23. The molecule has 1 aromatic heterocycles. The highest BCUT2D eigenvalue weighted by Gasteiger charge is 2.21. The van der Waals surface area contributed by atoms with Crippen LogP contribution in [0.1, 0.15) is 5.56 Å². The molecule has 1 rings (SSSR count). The number of halogens is 1. The molecule has 14 heavy (non-hydrogen) atoms. The van der Waals surface area contributed by atoms with E-state index in [0.717, 1.165) is 12.1 Å². The van der Waals surface area contributed by atoms with Crippen molar-refractivity contribution in [3.05, 3.63) is 27.8 Å². The molecule has 76 valence electrons. The first-order valence-corrected chi connectivity index (χ1v) is 5.69. The molecule has 0 saturated heterocycles. The van der Waals surface area contributed by atoms with Gasteiger partial charge in [0.2, 0.25) is 0 Å². The van der Waals surface area contributed by atoms with Crippen molar-refractivity contribution in [2.75, 3.05) is 0 Å². The van der Waals surface area contributed by atoms with Crippen LogP contribution in [0, 0.1) is 17.0 Å². The molecule has 0 N–H and O–H groups in total. The van der Waals surface area contributed by atoms with Gasteiger partial charge in [-0.3, -0.25) is 0 Å². The summed E-state index contributed by atoms with van der Waals surface area (Å²) in [6.07, 6.45) is 0. The topological polar surface area (TPSA) is 90.2 Å². The van der Waals surface area contributed by atoms with Crippen LogP contribution in [-0.2, 0) is 9.05 Å². The number of aryl methyl sites for hydroxylation is 1. The summed E-state index contributed by atoms with van der Waals surface area (Å²) in [7, 11) is 0.970. The second kappa shape index (κ2) is 3.50. The van der Waals surface area contributed by atoms with Gasteiger partial charge >= 0.3 is 14.9 Å². The van der Waals surface area contributed by atoms with E-state index in [-0.39, 0.29) is 0 Å². The molecule has 0 saturated carbocycles. The smallest absolute Gasteiger partial charge is 0.358 e. The molecule has 0 bridgehead atoms. The van der Waals surface area contributed by atoms with Crippen molar-refractivity contribution in [3.8, 4) is 0 Å². The summed E-state index contributed by atoms with van der Waals surface area (Å²) in [5.74, 6) is -0.538. The molecule has 0 aliphatic rings. The van der Waals surface area contributed by atoms with E-state index in [4.69, 9.17) is 10.7 Å². The summed E-state index contributed by atoms with van der Waals surface area (Å²) >= 11 is 0. The normalized spacial score (nSPS) is 11.3. The first kappa shape index (κ1) is 10.9. The molecule has 8 heteroatoms. The second-order valence-corrected chi connectivity index (χ2v) is 5.05. The molecule has 0 amide bonds. The molecule has 1 aromatic rings. The number of aromatic nitrogens is 1. The fraction of sp³-hybridized carbons (Fsp3) is 0.167. The highest BCUT2D eigenvalue weighted by atomic mass is 35.7. The Balaban J connectivity index is 3.43. The highest BCUT2D eigenvalue weighted by molar-refractivity contribution is 8.13. The molecule has 6 nitrogen and oxygen atoms in total. The molecule has 0 spiro atoms. The third-order valence-electron chi connectivity index (χ3n) is 1.37. The van der Waals surface area contributed by atoms with Crippen LogP contribution in [0.4, 0.5) is 5.82 Å². The maximum absolute atomic E-state index is 10.8. The van der Waals surface area contributed by atoms with E-state index in [1.54, 1.807) is 0 Å². The zero-order valence-corrected chi connectivity index (χ0v) is 8.54. The van der Waals surface area contributed by atoms with Gasteiger partial charge in [-0.1, -0.05) is 0 Å². The van der Waals surface area contributed by atoms with Crippen LogP contribution in [0.2, 0.25) is 0 Å². The average molecular weight is 237 g/mol. The first-order chi connectivity index (χ1) is 6.30. The quantitative estimate of drug-likeness (QED) is 0.438. The Hall–Kier alpha value is -1.21. The number of pyridine rings is 1. The lowest BCUT2D eigenvalue weighted by Crippen LogP contribution is -2.00. The van der Waals surface area contributed by atoms with Crippen LogP contribution >= 0.6 is 10.7 Å². The Morgan fingerprint density at radius 1 is 1.50 bits per heavy atom. The highest BCUT2D eigenvalue weighted by Crippen LogP contribution is 2.18. The van der Waals surface area contributed by atoms with Crippen molar-refractivity contribution in [1.29, 1.82) is 0 Å². The van der Waals surface area contributed by atoms with Crippen molar-refractivity contribution in [2.24, 2.45) is 0 Å². The summed E-state index contributed by atoms with van der Waals surface area (Å²) in [5.41, 5.74) is 0.408. The van der Waals surface area contributed by atoms with E-state index >= 15 is 0 Å². The van der Waals surface area contributed by atoms with Gasteiger partial charge < -0.3 is 10.1 Å². The van der Waals surface area contributed by atoms with E-state index in [9.17, 15) is 18.5 Å². The van der Waals surface area contributed by atoms with Gasteiger partial charge in [0.05, 0.1) is 0 Å². The van der Waals surface area contributed by atoms with Crippen molar-refractivity contribution in [2.45, 2.75) is 11.9 Å². The number of nitrogens with zero attached hydrogens (tertiary/aromatic N) is 2. The van der Waals surface area contributed by atoms with Crippen LogP contribution < -0.4 is 0 Å². The SMILES string of the molecule is Cc1cc([N+](=O)[O-])nc(S(=O)(=O)Cl)c1. The maximum atomic E-state index is 10.8. The summed E-state index contributed by atoms with van der Waals surface area (Å²) in [6.45, 7) is 1.51. The Morgan fingerprint density at radius 2 is 2.07 bits per heavy atom. The minimum atomic E-state index is -4.02. The molecule has 0 fully saturated rings.